The third-order valence-corrected chi connectivity index (χ3v) is 4.66. The van der Waals surface area contributed by atoms with Crippen molar-refractivity contribution in [3.63, 3.8) is 0 Å². The highest BCUT2D eigenvalue weighted by molar-refractivity contribution is 7.99. The Labute approximate surface area is 126 Å². The summed E-state index contributed by atoms with van der Waals surface area (Å²) in [6, 6.07) is 4.57. The zero-order valence-electron chi connectivity index (χ0n) is 11.8. The minimum atomic E-state index is -1.01. The number of benzene rings is 1. The Morgan fingerprint density at radius 3 is 2.76 bits per heavy atom. The number of halogens is 1. The Morgan fingerprint density at radius 1 is 1.48 bits per heavy atom. The number of hydrogen-bond acceptors (Lipinski definition) is 3. The highest BCUT2D eigenvalue weighted by Crippen LogP contribution is 2.27. The molecule has 1 aliphatic rings. The first-order valence-electron chi connectivity index (χ1n) is 6.52. The van der Waals surface area contributed by atoms with E-state index >= 15 is 0 Å². The summed E-state index contributed by atoms with van der Waals surface area (Å²) in [5.74, 6) is -0.678. The first kappa shape index (κ1) is 15.6. The van der Waals surface area contributed by atoms with Gasteiger partial charge in [0.05, 0.1) is 11.9 Å². The maximum absolute atomic E-state index is 13.8. The summed E-state index contributed by atoms with van der Waals surface area (Å²) in [4.78, 5) is 26.3. The summed E-state index contributed by atoms with van der Waals surface area (Å²) < 4.78 is 13.8. The van der Waals surface area contributed by atoms with Crippen molar-refractivity contribution in [1.29, 1.82) is 0 Å². The summed E-state index contributed by atoms with van der Waals surface area (Å²) in [7, 11) is 1.56. The van der Waals surface area contributed by atoms with Gasteiger partial charge in [0, 0.05) is 18.4 Å². The normalized spacial score (nSPS) is 19.4. The summed E-state index contributed by atoms with van der Waals surface area (Å²) in [6.45, 7) is 1.72. The van der Waals surface area contributed by atoms with Crippen LogP contribution >= 0.6 is 11.8 Å². The van der Waals surface area contributed by atoms with E-state index in [1.165, 1.54) is 27.6 Å². The molecule has 1 aromatic carbocycles. The molecule has 0 spiro atoms. The Hall–Kier alpha value is -1.76. The zero-order chi connectivity index (χ0) is 15.6. The van der Waals surface area contributed by atoms with Crippen LogP contribution < -0.4 is 0 Å². The molecule has 1 N–H and O–H groups in total. The lowest BCUT2D eigenvalue weighted by Crippen LogP contribution is -2.48. The van der Waals surface area contributed by atoms with E-state index in [-0.39, 0.29) is 5.82 Å². The predicted octanol–water partition coefficient (Wildman–Crippen LogP) is 2.40. The minimum Gasteiger partial charge on any atom is -0.480 e. The lowest BCUT2D eigenvalue weighted by atomic mass is 10.1. The van der Waals surface area contributed by atoms with Gasteiger partial charge in [-0.15, -0.1) is 11.8 Å². The summed E-state index contributed by atoms with van der Waals surface area (Å²) in [5, 5.41) is 9.13. The standard InChI is InChI=1S/C14H17FN2O3S/c1-9(10-5-3-4-6-11(10)15)16(2)14(20)17-8-21-7-12(17)13(18)19/h3-6,9,12H,7-8H2,1-2H3,(H,18,19). The number of rotatable bonds is 3. The van der Waals surface area contributed by atoms with Gasteiger partial charge < -0.3 is 14.9 Å². The molecule has 5 nitrogen and oxygen atoms in total. The Balaban J connectivity index is 2.16. The molecule has 1 saturated heterocycles. The highest BCUT2D eigenvalue weighted by atomic mass is 32.2. The van der Waals surface area contributed by atoms with E-state index in [4.69, 9.17) is 5.11 Å². The second kappa shape index (κ2) is 6.34. The first-order chi connectivity index (χ1) is 9.93. The molecule has 1 aliphatic heterocycles. The second-order valence-corrected chi connectivity index (χ2v) is 5.91. The lowest BCUT2D eigenvalue weighted by Gasteiger charge is -2.31. The quantitative estimate of drug-likeness (QED) is 0.931. The number of amides is 2. The van der Waals surface area contributed by atoms with E-state index < -0.39 is 24.1 Å². The van der Waals surface area contributed by atoms with Crippen LogP contribution in [0.3, 0.4) is 0 Å². The zero-order valence-corrected chi connectivity index (χ0v) is 12.6. The van der Waals surface area contributed by atoms with E-state index in [2.05, 4.69) is 0 Å². The van der Waals surface area contributed by atoms with Crippen LogP contribution in [0.2, 0.25) is 0 Å². The number of hydrogen-bond donors (Lipinski definition) is 1. The fraction of sp³-hybridized carbons (Fsp3) is 0.429. The second-order valence-electron chi connectivity index (χ2n) is 4.91. The van der Waals surface area contributed by atoms with Crippen LogP contribution in [-0.4, -0.2) is 51.6 Å². The number of carboxylic acids is 1. The van der Waals surface area contributed by atoms with Crippen LogP contribution in [0.5, 0.6) is 0 Å². The summed E-state index contributed by atoms with van der Waals surface area (Å²) >= 11 is 1.40. The monoisotopic (exact) mass is 312 g/mol. The molecule has 2 atom stereocenters. The molecular weight excluding hydrogens is 295 g/mol. The van der Waals surface area contributed by atoms with Crippen molar-refractivity contribution in [2.45, 2.75) is 19.0 Å². The van der Waals surface area contributed by atoms with Gasteiger partial charge in [0.2, 0.25) is 0 Å². The van der Waals surface area contributed by atoms with Gasteiger partial charge in [-0.2, -0.15) is 0 Å². The van der Waals surface area contributed by atoms with E-state index in [1.54, 1.807) is 32.2 Å². The van der Waals surface area contributed by atoms with Gasteiger partial charge in [-0.25, -0.2) is 14.0 Å². The van der Waals surface area contributed by atoms with Crippen LogP contribution in [-0.2, 0) is 4.79 Å². The third-order valence-electron chi connectivity index (χ3n) is 3.65. The molecule has 0 bridgehead atoms. The van der Waals surface area contributed by atoms with Gasteiger partial charge in [0.25, 0.3) is 0 Å². The number of carboxylic acid groups (broad SMARTS) is 1. The topological polar surface area (TPSA) is 60.9 Å². The lowest BCUT2D eigenvalue weighted by molar-refractivity contribution is -0.140. The molecule has 2 unspecified atom stereocenters. The average molecular weight is 312 g/mol. The van der Waals surface area contributed by atoms with E-state index in [9.17, 15) is 14.0 Å². The fourth-order valence-electron chi connectivity index (χ4n) is 2.23. The predicted molar refractivity (Wildman–Crippen MR) is 78.6 cm³/mol. The molecule has 2 amide bonds. The number of aliphatic carboxylic acids is 1. The van der Waals surface area contributed by atoms with Crippen LogP contribution in [0, 0.1) is 5.82 Å². The molecule has 1 heterocycles. The smallest absolute Gasteiger partial charge is 0.327 e. The number of carbonyl (C=O) groups is 2. The maximum atomic E-state index is 13.8. The van der Waals surface area contributed by atoms with Gasteiger partial charge in [-0.05, 0) is 13.0 Å². The molecule has 1 fully saturated rings. The molecule has 0 radical (unpaired) electrons. The van der Waals surface area contributed by atoms with Crippen molar-refractivity contribution >= 4 is 23.8 Å². The van der Waals surface area contributed by atoms with E-state index in [1.807, 2.05) is 0 Å². The maximum Gasteiger partial charge on any atom is 0.327 e. The van der Waals surface area contributed by atoms with E-state index in [0.717, 1.165) is 0 Å². The average Bonchev–Trinajstić information content (AvgIpc) is 2.95. The van der Waals surface area contributed by atoms with Crippen molar-refractivity contribution in [2.24, 2.45) is 0 Å². The summed E-state index contributed by atoms with van der Waals surface area (Å²) in [6.07, 6.45) is 0. The van der Waals surface area contributed by atoms with Gasteiger partial charge in [-0.1, -0.05) is 18.2 Å². The van der Waals surface area contributed by atoms with Crippen molar-refractivity contribution in [3.05, 3.63) is 35.6 Å². The van der Waals surface area contributed by atoms with Gasteiger partial charge >= 0.3 is 12.0 Å². The number of nitrogens with zero attached hydrogens (tertiary/aromatic N) is 2. The molecule has 2 rings (SSSR count). The molecular formula is C14H17FN2O3S. The Bertz CT molecular complexity index is 555. The SMILES string of the molecule is CC(c1ccccc1F)N(C)C(=O)N1CSCC1C(=O)O. The fourth-order valence-corrected chi connectivity index (χ4v) is 3.36. The van der Waals surface area contributed by atoms with Gasteiger partial charge in [0.1, 0.15) is 11.9 Å². The summed E-state index contributed by atoms with van der Waals surface area (Å²) in [5.41, 5.74) is 0.409. The molecule has 1 aromatic rings. The Kier molecular flexibility index (Phi) is 4.72. The van der Waals surface area contributed by atoms with Crippen molar-refractivity contribution in [1.82, 2.24) is 9.80 Å². The highest BCUT2D eigenvalue weighted by Gasteiger charge is 2.37. The Morgan fingerprint density at radius 2 is 2.14 bits per heavy atom. The molecule has 21 heavy (non-hydrogen) atoms. The molecule has 0 aliphatic carbocycles. The number of carbonyl (C=O) groups excluding carboxylic acids is 1. The first-order valence-corrected chi connectivity index (χ1v) is 7.67. The third kappa shape index (κ3) is 3.12. The van der Waals surface area contributed by atoms with Gasteiger partial charge in [-0.3, -0.25) is 0 Å². The van der Waals surface area contributed by atoms with Crippen LogP contribution in [0.1, 0.15) is 18.5 Å². The molecule has 0 saturated carbocycles. The number of urea groups is 1. The van der Waals surface area contributed by atoms with Crippen molar-refractivity contribution in [3.8, 4) is 0 Å². The minimum absolute atomic E-state index is 0.337. The number of thioether (sulfide) groups is 1. The molecule has 7 heteroatoms. The van der Waals surface area contributed by atoms with E-state index in [0.29, 0.717) is 17.2 Å². The van der Waals surface area contributed by atoms with Crippen LogP contribution in [0.15, 0.2) is 24.3 Å². The van der Waals surface area contributed by atoms with Crippen LogP contribution in [0.4, 0.5) is 9.18 Å². The van der Waals surface area contributed by atoms with Crippen molar-refractivity contribution < 1.29 is 19.1 Å². The molecule has 114 valence electrons. The molecule has 0 aromatic heterocycles. The van der Waals surface area contributed by atoms with Crippen molar-refractivity contribution in [2.75, 3.05) is 18.7 Å². The van der Waals surface area contributed by atoms with Crippen LogP contribution in [0.25, 0.3) is 0 Å². The largest absolute Gasteiger partial charge is 0.480 e. The van der Waals surface area contributed by atoms with Gasteiger partial charge in [0.15, 0.2) is 0 Å².